The zero-order valence-electron chi connectivity index (χ0n) is 7.20. The number of amides is 1. The lowest BCUT2D eigenvalue weighted by Crippen LogP contribution is -2.24. The van der Waals surface area contributed by atoms with E-state index in [2.05, 4.69) is 4.99 Å². The molecule has 0 aliphatic heterocycles. The molecule has 1 aromatic heterocycles. The monoisotopic (exact) mass is 197 g/mol. The van der Waals surface area contributed by atoms with Gasteiger partial charge in [-0.1, -0.05) is 0 Å². The fourth-order valence-electron chi connectivity index (χ4n) is 0.759. The Balaban J connectivity index is 3.29. The molecule has 0 fully saturated rings. The van der Waals surface area contributed by atoms with Crippen LogP contribution in [0.5, 0.6) is 5.88 Å². The van der Waals surface area contributed by atoms with E-state index in [-0.39, 0.29) is 5.56 Å². The van der Waals surface area contributed by atoms with E-state index >= 15 is 0 Å². The summed E-state index contributed by atoms with van der Waals surface area (Å²) in [6, 6.07) is 0. The molecule has 0 saturated carbocycles. The lowest BCUT2D eigenvalue weighted by atomic mass is 10.3. The van der Waals surface area contributed by atoms with Gasteiger partial charge in [-0.15, -0.1) is 0 Å². The van der Waals surface area contributed by atoms with Gasteiger partial charge in [0.15, 0.2) is 0 Å². The van der Waals surface area contributed by atoms with Crippen molar-refractivity contribution in [3.63, 3.8) is 0 Å². The van der Waals surface area contributed by atoms with Crippen molar-refractivity contribution < 1.29 is 9.90 Å². The number of aromatic hydroxyl groups is 1. The number of H-pyrrole nitrogens is 2. The highest BCUT2D eigenvalue weighted by Crippen LogP contribution is 2.00. The van der Waals surface area contributed by atoms with Crippen molar-refractivity contribution in [3.8, 4) is 5.88 Å². The summed E-state index contributed by atoms with van der Waals surface area (Å²) >= 11 is 0. The third-order valence-electron chi connectivity index (χ3n) is 1.33. The Bertz CT molecular complexity index is 496. The normalized spacial score (nSPS) is 10.6. The highest BCUT2D eigenvalue weighted by Gasteiger charge is 2.05. The van der Waals surface area contributed by atoms with Crippen LogP contribution >= 0.6 is 0 Å². The smallest absolute Gasteiger partial charge is 0.328 e. The molecule has 0 atom stereocenters. The van der Waals surface area contributed by atoms with E-state index in [0.29, 0.717) is 0 Å². The van der Waals surface area contributed by atoms with Gasteiger partial charge in [0.1, 0.15) is 5.56 Å². The van der Waals surface area contributed by atoms with Crippen LogP contribution in [0.1, 0.15) is 12.5 Å². The first kappa shape index (κ1) is 9.90. The highest BCUT2D eigenvalue weighted by atomic mass is 16.3. The Kier molecular flexibility index (Phi) is 2.61. The predicted octanol–water partition coefficient (Wildman–Crippen LogP) is -1.27. The SMILES string of the molecule is CC(=O)N=Cc1c(O)[nH]c(=O)[nH]c1=O. The topological polar surface area (TPSA) is 115 Å². The molecule has 0 bridgehead atoms. The van der Waals surface area contributed by atoms with Crippen molar-refractivity contribution in [3.05, 3.63) is 26.4 Å². The molecule has 1 amide bonds. The molecule has 74 valence electrons. The molecule has 0 aromatic carbocycles. The maximum Gasteiger partial charge on any atom is 0.328 e. The Hall–Kier alpha value is -2.18. The van der Waals surface area contributed by atoms with Gasteiger partial charge in [-0.3, -0.25) is 19.6 Å². The summed E-state index contributed by atoms with van der Waals surface area (Å²) in [7, 11) is 0. The summed E-state index contributed by atoms with van der Waals surface area (Å²) in [5.74, 6) is -1.14. The Morgan fingerprint density at radius 1 is 1.43 bits per heavy atom. The largest absolute Gasteiger partial charge is 0.494 e. The summed E-state index contributed by atoms with van der Waals surface area (Å²) in [5.41, 5.74) is -1.90. The number of nitrogens with one attached hydrogen (secondary N) is 2. The maximum atomic E-state index is 11.0. The number of hydrogen-bond donors (Lipinski definition) is 3. The van der Waals surface area contributed by atoms with Gasteiger partial charge in [0.2, 0.25) is 11.8 Å². The second kappa shape index (κ2) is 3.69. The highest BCUT2D eigenvalue weighted by molar-refractivity contribution is 5.91. The molecule has 7 nitrogen and oxygen atoms in total. The molecule has 0 radical (unpaired) electrons. The van der Waals surface area contributed by atoms with Crippen LogP contribution in [0.4, 0.5) is 0 Å². The number of hydrogen-bond acceptors (Lipinski definition) is 4. The number of carbonyl (C=O) groups is 1. The zero-order valence-corrected chi connectivity index (χ0v) is 7.20. The van der Waals surface area contributed by atoms with Crippen molar-refractivity contribution in [2.45, 2.75) is 6.92 Å². The van der Waals surface area contributed by atoms with Gasteiger partial charge in [0, 0.05) is 13.1 Å². The van der Waals surface area contributed by atoms with Crippen molar-refractivity contribution in [1.29, 1.82) is 0 Å². The lowest BCUT2D eigenvalue weighted by molar-refractivity contribution is -0.115. The van der Waals surface area contributed by atoms with Crippen LogP contribution in [0.2, 0.25) is 0 Å². The molecule has 0 spiro atoms. The van der Waals surface area contributed by atoms with Crippen molar-refractivity contribution in [1.82, 2.24) is 9.97 Å². The molecule has 1 rings (SSSR count). The van der Waals surface area contributed by atoms with Crippen LogP contribution in [-0.2, 0) is 4.79 Å². The number of nitrogens with zero attached hydrogens (tertiary/aromatic N) is 1. The quantitative estimate of drug-likeness (QED) is 0.487. The Morgan fingerprint density at radius 3 is 2.57 bits per heavy atom. The van der Waals surface area contributed by atoms with E-state index in [1.54, 1.807) is 0 Å². The van der Waals surface area contributed by atoms with E-state index in [1.807, 2.05) is 9.97 Å². The molecule has 0 aliphatic rings. The first-order chi connectivity index (χ1) is 6.50. The van der Waals surface area contributed by atoms with Crippen LogP contribution in [0, 0.1) is 0 Å². The average Bonchev–Trinajstić information content (AvgIpc) is 2.01. The van der Waals surface area contributed by atoms with Gasteiger partial charge in [-0.25, -0.2) is 9.79 Å². The zero-order chi connectivity index (χ0) is 10.7. The molecule has 14 heavy (non-hydrogen) atoms. The third kappa shape index (κ3) is 2.16. The number of aromatic amines is 2. The van der Waals surface area contributed by atoms with Gasteiger partial charge in [0.05, 0.1) is 0 Å². The summed E-state index contributed by atoms with van der Waals surface area (Å²) in [6.45, 7) is 1.19. The van der Waals surface area contributed by atoms with E-state index in [4.69, 9.17) is 5.11 Å². The molecule has 0 unspecified atom stereocenters. The van der Waals surface area contributed by atoms with Crippen LogP contribution in [0.3, 0.4) is 0 Å². The minimum Gasteiger partial charge on any atom is -0.494 e. The Labute approximate surface area is 77.1 Å². The average molecular weight is 197 g/mol. The van der Waals surface area contributed by atoms with E-state index in [0.717, 1.165) is 6.21 Å². The second-order valence-electron chi connectivity index (χ2n) is 2.45. The molecule has 0 saturated heterocycles. The first-order valence-corrected chi connectivity index (χ1v) is 3.61. The molecule has 1 aromatic rings. The van der Waals surface area contributed by atoms with Crippen LogP contribution in [-0.4, -0.2) is 27.2 Å². The summed E-state index contributed by atoms with van der Waals surface area (Å²) in [6.07, 6.45) is 0.881. The van der Waals surface area contributed by atoms with Gasteiger partial charge in [-0.05, 0) is 0 Å². The second-order valence-corrected chi connectivity index (χ2v) is 2.45. The lowest BCUT2D eigenvalue weighted by Gasteiger charge is -1.94. The summed E-state index contributed by atoms with van der Waals surface area (Å²) < 4.78 is 0. The molecule has 1 heterocycles. The van der Waals surface area contributed by atoms with Crippen molar-refractivity contribution in [2.75, 3.05) is 0 Å². The third-order valence-corrected chi connectivity index (χ3v) is 1.33. The summed E-state index contributed by atoms with van der Waals surface area (Å²) in [4.78, 5) is 39.2. The van der Waals surface area contributed by atoms with Gasteiger partial charge < -0.3 is 5.11 Å². The van der Waals surface area contributed by atoms with Crippen molar-refractivity contribution in [2.24, 2.45) is 4.99 Å². The van der Waals surface area contributed by atoms with Crippen LogP contribution in [0.15, 0.2) is 14.6 Å². The fraction of sp³-hybridized carbons (Fsp3) is 0.143. The molecule has 3 N–H and O–H groups in total. The molecular weight excluding hydrogens is 190 g/mol. The van der Waals surface area contributed by atoms with E-state index in [9.17, 15) is 14.4 Å². The number of carbonyl (C=O) groups excluding carboxylic acids is 1. The van der Waals surface area contributed by atoms with Gasteiger partial charge in [-0.2, -0.15) is 0 Å². The van der Waals surface area contributed by atoms with E-state index in [1.165, 1.54) is 6.92 Å². The van der Waals surface area contributed by atoms with Crippen LogP contribution < -0.4 is 11.2 Å². The molecular formula is C7H7N3O4. The van der Waals surface area contributed by atoms with Gasteiger partial charge in [0.25, 0.3) is 5.56 Å². The minimum absolute atomic E-state index is 0.264. The maximum absolute atomic E-state index is 11.0. The van der Waals surface area contributed by atoms with Crippen molar-refractivity contribution >= 4 is 12.1 Å². The summed E-state index contributed by atoms with van der Waals surface area (Å²) in [5, 5.41) is 9.11. The van der Waals surface area contributed by atoms with Crippen LogP contribution in [0.25, 0.3) is 0 Å². The minimum atomic E-state index is -0.826. The predicted molar refractivity (Wildman–Crippen MR) is 47.6 cm³/mol. The number of rotatable bonds is 1. The molecule has 7 heteroatoms. The Morgan fingerprint density at radius 2 is 2.07 bits per heavy atom. The first-order valence-electron chi connectivity index (χ1n) is 3.61. The number of aliphatic imine (C=N–C) groups is 1. The molecule has 0 aliphatic carbocycles. The van der Waals surface area contributed by atoms with E-state index < -0.39 is 23.0 Å². The fourth-order valence-corrected chi connectivity index (χ4v) is 0.759. The number of aromatic nitrogens is 2. The van der Waals surface area contributed by atoms with Gasteiger partial charge >= 0.3 is 5.69 Å². The standard InChI is InChI=1S/C7H7N3O4/c1-3(11)8-2-4-5(12)9-7(14)10-6(4)13/h2H,1H3,(H3,9,10,12,13,14).